The van der Waals surface area contributed by atoms with E-state index in [0.717, 1.165) is 19.3 Å². The van der Waals surface area contributed by atoms with Crippen molar-refractivity contribution in [3.63, 3.8) is 0 Å². The Morgan fingerprint density at radius 2 is 1.92 bits per heavy atom. The van der Waals surface area contributed by atoms with Crippen LogP contribution in [0, 0.1) is 11.6 Å². The lowest BCUT2D eigenvalue weighted by Crippen LogP contribution is -2.16. The van der Waals surface area contributed by atoms with Gasteiger partial charge in [0.05, 0.1) is 18.0 Å². The lowest BCUT2D eigenvalue weighted by atomic mass is 9.83. The number of rotatable bonds is 3. The van der Waals surface area contributed by atoms with Gasteiger partial charge in [-0.25, -0.2) is 18.0 Å². The minimum atomic E-state index is -5.14. The van der Waals surface area contributed by atoms with Crippen LogP contribution in [0.1, 0.15) is 35.4 Å². The van der Waals surface area contributed by atoms with E-state index in [2.05, 4.69) is 27.2 Å². The van der Waals surface area contributed by atoms with Gasteiger partial charge in [-0.05, 0) is 41.4 Å². The molecule has 0 aliphatic heterocycles. The molecule has 36 heavy (non-hydrogen) atoms. The number of aromatic hydroxyl groups is 1. The number of alkyl halides is 3. The van der Waals surface area contributed by atoms with Crippen molar-refractivity contribution in [3.05, 3.63) is 64.9 Å². The largest absolute Gasteiger partial charge is 0.503 e. The number of phenols is 1. The lowest BCUT2D eigenvalue weighted by molar-refractivity contribution is -0.410. The van der Waals surface area contributed by atoms with Gasteiger partial charge in [0, 0.05) is 24.7 Å². The van der Waals surface area contributed by atoms with Crippen molar-refractivity contribution >= 4 is 23.2 Å². The number of hydrogen-bond acceptors (Lipinski definition) is 4. The van der Waals surface area contributed by atoms with E-state index in [1.807, 2.05) is 18.3 Å². The Kier molecular flexibility index (Phi) is 5.73. The molecule has 5 rings (SSSR count). The first-order chi connectivity index (χ1) is 17.1. The highest BCUT2D eigenvalue weighted by Gasteiger charge is 2.38. The van der Waals surface area contributed by atoms with Crippen LogP contribution < -0.4 is 0 Å². The Balaban J connectivity index is 1.58. The summed E-state index contributed by atoms with van der Waals surface area (Å²) in [6.07, 6.45) is 1.24. The summed E-state index contributed by atoms with van der Waals surface area (Å²) in [6.45, 7) is 0. The molecule has 1 atom stereocenters. The summed E-state index contributed by atoms with van der Waals surface area (Å²) in [7, 11) is 3.29. The average molecular weight is 502 g/mol. The van der Waals surface area contributed by atoms with E-state index in [9.17, 15) is 27.1 Å². The molecule has 1 aliphatic rings. The molecule has 2 aromatic heterocycles. The van der Waals surface area contributed by atoms with E-state index in [-0.39, 0.29) is 22.6 Å². The summed E-state index contributed by atoms with van der Waals surface area (Å²) >= 11 is 0. The highest BCUT2D eigenvalue weighted by atomic mass is 19.4. The van der Waals surface area contributed by atoms with Crippen LogP contribution in [0.3, 0.4) is 0 Å². The second kappa shape index (κ2) is 8.65. The summed E-state index contributed by atoms with van der Waals surface area (Å²) in [5.74, 6) is -4.87. The normalized spacial score (nSPS) is 16.4. The first-order valence-electron chi connectivity index (χ1n) is 11.2. The number of nitrogens with zero attached hydrogens (tertiary/aromatic N) is 5. The fourth-order valence-electron chi connectivity index (χ4n) is 4.68. The van der Waals surface area contributed by atoms with Crippen LogP contribution >= 0.6 is 0 Å². The Morgan fingerprint density at radius 1 is 1.17 bits per heavy atom. The van der Waals surface area contributed by atoms with Gasteiger partial charge >= 0.3 is 12.1 Å². The molecule has 2 aromatic carbocycles. The second-order valence-electron chi connectivity index (χ2n) is 8.78. The smallest absolute Gasteiger partial charge is 0.434 e. The van der Waals surface area contributed by atoms with Gasteiger partial charge in [0.25, 0.3) is 0 Å². The van der Waals surface area contributed by atoms with Gasteiger partial charge in [-0.2, -0.15) is 18.3 Å². The SMILES string of the molecule is Cn1nc(-c2cc(C(F)(F)F)c(F)c(O)c2F)c2cnc(/[N+](C)=C/C3CCCc4ccccc43)nc21. The number of fused-ring (bicyclic) bond motifs is 2. The zero-order valence-electron chi connectivity index (χ0n) is 19.3. The molecular weight excluding hydrogens is 481 g/mol. The van der Waals surface area contributed by atoms with Crippen LogP contribution in [0.15, 0.2) is 36.5 Å². The summed E-state index contributed by atoms with van der Waals surface area (Å²) in [4.78, 5) is 8.80. The van der Waals surface area contributed by atoms with Crippen LogP contribution in [-0.4, -0.2) is 42.7 Å². The zero-order chi connectivity index (χ0) is 25.8. The molecule has 0 bridgehead atoms. The topological polar surface area (TPSA) is 66.8 Å². The third-order valence-electron chi connectivity index (χ3n) is 6.44. The number of aromatic nitrogens is 4. The second-order valence-corrected chi connectivity index (χ2v) is 8.78. The Morgan fingerprint density at radius 3 is 2.67 bits per heavy atom. The van der Waals surface area contributed by atoms with Crippen LogP contribution in [0.2, 0.25) is 0 Å². The van der Waals surface area contributed by atoms with Crippen molar-refractivity contribution < 1.29 is 31.6 Å². The minimum Gasteiger partial charge on any atom is -0.503 e. The fourth-order valence-corrected chi connectivity index (χ4v) is 4.68. The Labute approximate surface area is 202 Å². The molecule has 0 saturated heterocycles. The Hall–Kier alpha value is -3.89. The van der Waals surface area contributed by atoms with Gasteiger partial charge in [-0.3, -0.25) is 0 Å². The van der Waals surface area contributed by atoms with E-state index in [4.69, 9.17) is 0 Å². The van der Waals surface area contributed by atoms with Gasteiger partial charge < -0.3 is 5.11 Å². The molecule has 0 radical (unpaired) electrons. The molecule has 0 amide bonds. The van der Waals surface area contributed by atoms with Crippen molar-refractivity contribution in [2.24, 2.45) is 7.05 Å². The van der Waals surface area contributed by atoms with Crippen molar-refractivity contribution in [3.8, 4) is 17.0 Å². The molecule has 1 N–H and O–H groups in total. The molecule has 186 valence electrons. The van der Waals surface area contributed by atoms with Crippen LogP contribution in [0.25, 0.3) is 22.3 Å². The number of phenolic OH excluding ortho intramolecular Hbond substituents is 1. The predicted octanol–water partition coefficient (Wildman–Crippen LogP) is 5.50. The summed E-state index contributed by atoms with van der Waals surface area (Å²) < 4.78 is 71.5. The van der Waals surface area contributed by atoms with Crippen LogP contribution in [0.5, 0.6) is 5.75 Å². The molecule has 0 spiro atoms. The molecule has 6 nitrogen and oxygen atoms in total. The highest BCUT2D eigenvalue weighted by Crippen LogP contribution is 2.41. The molecule has 1 unspecified atom stereocenters. The van der Waals surface area contributed by atoms with Crippen molar-refractivity contribution in [2.75, 3.05) is 7.05 Å². The van der Waals surface area contributed by atoms with Gasteiger partial charge in [-0.1, -0.05) is 29.2 Å². The number of halogens is 5. The van der Waals surface area contributed by atoms with Crippen molar-refractivity contribution in [1.82, 2.24) is 19.7 Å². The highest BCUT2D eigenvalue weighted by molar-refractivity contribution is 5.91. The van der Waals surface area contributed by atoms with Crippen molar-refractivity contribution in [2.45, 2.75) is 31.4 Å². The Bertz CT molecular complexity index is 1530. The monoisotopic (exact) mass is 502 g/mol. The fraction of sp³-hybridized carbons (Fsp3) is 0.280. The lowest BCUT2D eigenvalue weighted by Gasteiger charge is -2.22. The molecule has 4 aromatic rings. The van der Waals surface area contributed by atoms with E-state index in [0.29, 0.717) is 12.0 Å². The van der Waals surface area contributed by atoms with Crippen LogP contribution in [-0.2, 0) is 19.6 Å². The summed E-state index contributed by atoms with van der Waals surface area (Å²) in [5.41, 5.74) is 0.0263. The third kappa shape index (κ3) is 3.98. The summed E-state index contributed by atoms with van der Waals surface area (Å²) in [5, 5.41) is 13.9. The first kappa shape index (κ1) is 23.8. The maximum Gasteiger partial charge on any atom is 0.434 e. The van der Waals surface area contributed by atoms with Gasteiger partial charge in [0.15, 0.2) is 17.4 Å². The first-order valence-corrected chi connectivity index (χ1v) is 11.2. The zero-order valence-corrected chi connectivity index (χ0v) is 19.3. The van der Waals surface area contributed by atoms with E-state index in [1.165, 1.54) is 29.1 Å². The van der Waals surface area contributed by atoms with Gasteiger partial charge in [-0.15, -0.1) is 0 Å². The molecule has 11 heteroatoms. The summed E-state index contributed by atoms with van der Waals surface area (Å²) in [6, 6.07) is 8.53. The average Bonchev–Trinajstić information content (AvgIpc) is 3.17. The van der Waals surface area contributed by atoms with E-state index >= 15 is 0 Å². The molecule has 1 aliphatic carbocycles. The maximum atomic E-state index is 14.7. The molecule has 0 saturated carbocycles. The standard InChI is InChI=1S/C25H20F5N5O/c1-34(12-14-8-5-7-13-6-3-4-9-15(13)14)24-31-11-17-21(33-35(2)23(17)32-24)16-10-18(25(28,29)30)20(27)22(36)19(16)26/h3-4,6,9-12,14H,5,7-8H2,1-2H3/p+1/b34-12+. The molecule has 0 fully saturated rings. The predicted molar refractivity (Wildman–Crippen MR) is 122 cm³/mol. The number of hydrogen-bond donors (Lipinski definition) is 1. The minimum absolute atomic E-state index is 0.149. The van der Waals surface area contributed by atoms with Gasteiger partial charge in [0.1, 0.15) is 11.9 Å². The number of aryl methyl sites for hydroxylation is 2. The van der Waals surface area contributed by atoms with Crippen molar-refractivity contribution in [1.29, 1.82) is 0 Å². The van der Waals surface area contributed by atoms with E-state index in [1.54, 1.807) is 11.6 Å². The van der Waals surface area contributed by atoms with Gasteiger partial charge in [0.2, 0.25) is 5.65 Å². The maximum absolute atomic E-state index is 14.7. The number of benzene rings is 2. The van der Waals surface area contributed by atoms with E-state index < -0.39 is 34.7 Å². The molecular formula is C25H21F5N5O+. The third-order valence-corrected chi connectivity index (χ3v) is 6.44. The molecule has 2 heterocycles. The van der Waals surface area contributed by atoms with Crippen LogP contribution in [0.4, 0.5) is 27.9 Å². The quantitative estimate of drug-likeness (QED) is 0.228.